The van der Waals surface area contributed by atoms with Crippen LogP contribution in [-0.2, 0) is 0 Å². The number of hydrogen-bond acceptors (Lipinski definition) is 3. The van der Waals surface area contributed by atoms with Gasteiger partial charge in [-0.1, -0.05) is 0 Å². The van der Waals surface area contributed by atoms with E-state index in [-0.39, 0.29) is 5.91 Å². The predicted molar refractivity (Wildman–Crippen MR) is 59.0 cm³/mol. The van der Waals surface area contributed by atoms with Crippen molar-refractivity contribution in [3.8, 4) is 5.75 Å². The molecule has 0 bridgehead atoms. The molecule has 0 heterocycles. The van der Waals surface area contributed by atoms with Gasteiger partial charge in [-0.15, -0.1) is 0 Å². The third-order valence-corrected chi connectivity index (χ3v) is 2.17. The highest BCUT2D eigenvalue weighted by Gasteiger charge is 2.10. The van der Waals surface area contributed by atoms with Crippen LogP contribution >= 0.6 is 0 Å². The molecule has 1 aromatic carbocycles. The van der Waals surface area contributed by atoms with E-state index in [0.29, 0.717) is 5.56 Å². The predicted octanol–water partition coefficient (Wildman–Crippen LogP) is 1.18. The van der Waals surface area contributed by atoms with E-state index in [2.05, 4.69) is 10.9 Å². The molecule has 0 fully saturated rings. The molecule has 82 valence electrons. The fourth-order valence-corrected chi connectivity index (χ4v) is 1.59. The maximum absolute atomic E-state index is 11.5. The molecule has 0 saturated carbocycles. The van der Waals surface area contributed by atoms with Crippen LogP contribution in [0.25, 0.3) is 0 Å². The number of amides is 1. The van der Waals surface area contributed by atoms with E-state index >= 15 is 0 Å². The molecular formula is C11H16N2O2. The summed E-state index contributed by atoms with van der Waals surface area (Å²) >= 11 is 0. The molecular weight excluding hydrogens is 192 g/mol. The van der Waals surface area contributed by atoms with E-state index in [9.17, 15) is 4.79 Å². The summed E-state index contributed by atoms with van der Waals surface area (Å²) in [5, 5.41) is 0. The molecule has 1 amide bonds. The molecule has 0 aliphatic carbocycles. The Balaban J connectivity index is 3.08. The number of hydrogen-bond donors (Lipinski definition) is 2. The van der Waals surface area contributed by atoms with E-state index < -0.39 is 0 Å². The number of carbonyl (C=O) groups is 1. The maximum Gasteiger partial charge on any atom is 0.265 e. The Morgan fingerprint density at radius 1 is 1.27 bits per heavy atom. The number of methoxy groups -OCH3 is 1. The highest BCUT2D eigenvalue weighted by atomic mass is 16.5. The molecule has 1 aromatic rings. The molecule has 0 unspecified atom stereocenters. The topological polar surface area (TPSA) is 50.4 Å². The number of hydrazine groups is 1. The van der Waals surface area contributed by atoms with Crippen molar-refractivity contribution in [2.24, 2.45) is 0 Å². The fraction of sp³-hybridized carbons (Fsp3) is 0.364. The maximum atomic E-state index is 11.5. The third kappa shape index (κ3) is 2.47. The molecule has 1 rings (SSSR count). The number of nitrogens with one attached hydrogen (secondary N) is 2. The van der Waals surface area contributed by atoms with Crippen molar-refractivity contribution in [3.05, 3.63) is 28.8 Å². The first-order valence-electron chi connectivity index (χ1n) is 4.72. The van der Waals surface area contributed by atoms with Crippen molar-refractivity contribution in [3.63, 3.8) is 0 Å². The van der Waals surface area contributed by atoms with E-state index in [0.717, 1.165) is 16.9 Å². The smallest absolute Gasteiger partial charge is 0.265 e. The van der Waals surface area contributed by atoms with E-state index in [1.54, 1.807) is 26.3 Å². The molecule has 4 heteroatoms. The molecule has 0 saturated heterocycles. The molecule has 0 aliphatic heterocycles. The van der Waals surface area contributed by atoms with Gasteiger partial charge < -0.3 is 4.74 Å². The minimum absolute atomic E-state index is 0.147. The number of benzene rings is 1. The zero-order chi connectivity index (χ0) is 11.4. The van der Waals surface area contributed by atoms with Gasteiger partial charge in [0.1, 0.15) is 5.75 Å². The summed E-state index contributed by atoms with van der Waals surface area (Å²) in [6.07, 6.45) is 0. The van der Waals surface area contributed by atoms with Gasteiger partial charge in [0.25, 0.3) is 5.91 Å². The van der Waals surface area contributed by atoms with E-state index in [4.69, 9.17) is 4.74 Å². The summed E-state index contributed by atoms with van der Waals surface area (Å²) in [5.41, 5.74) is 7.67. The van der Waals surface area contributed by atoms with Gasteiger partial charge in [-0.05, 0) is 37.1 Å². The Bertz CT molecular complexity index is 352. The molecule has 0 aliphatic rings. The van der Waals surface area contributed by atoms with Gasteiger partial charge in [0.05, 0.1) is 7.11 Å². The molecule has 15 heavy (non-hydrogen) atoms. The van der Waals surface area contributed by atoms with Gasteiger partial charge in [-0.2, -0.15) is 0 Å². The first-order valence-corrected chi connectivity index (χ1v) is 4.72. The average molecular weight is 208 g/mol. The van der Waals surface area contributed by atoms with Gasteiger partial charge in [-0.25, -0.2) is 5.43 Å². The Hall–Kier alpha value is -1.55. The first kappa shape index (κ1) is 11.5. The molecule has 0 spiro atoms. The number of ether oxygens (including phenoxy) is 1. The van der Waals surface area contributed by atoms with Gasteiger partial charge in [0.2, 0.25) is 0 Å². The van der Waals surface area contributed by atoms with Crippen molar-refractivity contribution in [1.82, 2.24) is 10.9 Å². The summed E-state index contributed by atoms with van der Waals surface area (Å²) in [5.74, 6) is 0.683. The van der Waals surface area contributed by atoms with Crippen LogP contribution in [0.3, 0.4) is 0 Å². The average Bonchev–Trinajstić information content (AvgIpc) is 2.17. The van der Waals surface area contributed by atoms with Crippen LogP contribution in [0.2, 0.25) is 0 Å². The van der Waals surface area contributed by atoms with Crippen LogP contribution in [0, 0.1) is 13.8 Å². The molecule has 4 nitrogen and oxygen atoms in total. The molecule has 0 aromatic heterocycles. The Morgan fingerprint density at radius 3 is 2.20 bits per heavy atom. The van der Waals surface area contributed by atoms with E-state index in [1.165, 1.54) is 0 Å². The normalized spacial score (nSPS) is 9.87. The second-order valence-corrected chi connectivity index (χ2v) is 3.35. The van der Waals surface area contributed by atoms with Crippen molar-refractivity contribution in [1.29, 1.82) is 0 Å². The lowest BCUT2D eigenvalue weighted by Crippen LogP contribution is -2.34. The molecule has 0 atom stereocenters. The second kappa shape index (κ2) is 4.79. The SMILES string of the molecule is CNNC(=O)c1cc(C)c(OC)c(C)c1. The summed E-state index contributed by atoms with van der Waals surface area (Å²) < 4.78 is 5.22. The highest BCUT2D eigenvalue weighted by Crippen LogP contribution is 2.24. The summed E-state index contributed by atoms with van der Waals surface area (Å²) in [4.78, 5) is 11.5. The fourth-order valence-electron chi connectivity index (χ4n) is 1.59. The van der Waals surface area contributed by atoms with Crippen LogP contribution in [-0.4, -0.2) is 20.1 Å². The summed E-state index contributed by atoms with van der Waals surface area (Å²) in [7, 11) is 3.28. The Labute approximate surface area is 89.6 Å². The van der Waals surface area contributed by atoms with Gasteiger partial charge in [0, 0.05) is 12.6 Å². The largest absolute Gasteiger partial charge is 0.496 e. The standard InChI is InChI=1S/C11H16N2O2/c1-7-5-9(11(14)13-12-3)6-8(2)10(7)15-4/h5-6,12H,1-4H3,(H,13,14). The van der Waals surface area contributed by atoms with Crippen LogP contribution in [0.15, 0.2) is 12.1 Å². The van der Waals surface area contributed by atoms with Crippen molar-refractivity contribution in [2.45, 2.75) is 13.8 Å². The zero-order valence-electron chi connectivity index (χ0n) is 9.47. The monoisotopic (exact) mass is 208 g/mol. The quantitative estimate of drug-likeness (QED) is 0.733. The van der Waals surface area contributed by atoms with Gasteiger partial charge >= 0.3 is 0 Å². The first-order chi connectivity index (χ1) is 7.10. The lowest BCUT2D eigenvalue weighted by Gasteiger charge is -2.11. The zero-order valence-corrected chi connectivity index (χ0v) is 9.47. The lowest BCUT2D eigenvalue weighted by molar-refractivity contribution is 0.0938. The minimum Gasteiger partial charge on any atom is -0.496 e. The van der Waals surface area contributed by atoms with Crippen molar-refractivity contribution < 1.29 is 9.53 Å². The summed E-state index contributed by atoms with van der Waals surface area (Å²) in [6.45, 7) is 3.84. The number of carbonyl (C=O) groups excluding carboxylic acids is 1. The van der Waals surface area contributed by atoms with Crippen LogP contribution in [0.5, 0.6) is 5.75 Å². The molecule has 0 radical (unpaired) electrons. The lowest BCUT2D eigenvalue weighted by atomic mass is 10.1. The summed E-state index contributed by atoms with van der Waals surface area (Å²) in [6, 6.07) is 3.61. The van der Waals surface area contributed by atoms with Crippen molar-refractivity contribution in [2.75, 3.05) is 14.2 Å². The Morgan fingerprint density at radius 2 is 1.80 bits per heavy atom. The number of rotatable bonds is 3. The third-order valence-electron chi connectivity index (χ3n) is 2.17. The van der Waals surface area contributed by atoms with Gasteiger partial charge in [0.15, 0.2) is 0 Å². The molecule has 2 N–H and O–H groups in total. The Kier molecular flexibility index (Phi) is 3.68. The highest BCUT2D eigenvalue weighted by molar-refractivity contribution is 5.94. The van der Waals surface area contributed by atoms with Crippen molar-refractivity contribution >= 4 is 5.91 Å². The number of aryl methyl sites for hydroxylation is 2. The van der Waals surface area contributed by atoms with Crippen LogP contribution in [0.4, 0.5) is 0 Å². The van der Waals surface area contributed by atoms with Crippen LogP contribution < -0.4 is 15.6 Å². The second-order valence-electron chi connectivity index (χ2n) is 3.35. The van der Waals surface area contributed by atoms with Gasteiger partial charge in [-0.3, -0.25) is 10.2 Å². The minimum atomic E-state index is -0.147. The van der Waals surface area contributed by atoms with E-state index in [1.807, 2.05) is 13.8 Å². The van der Waals surface area contributed by atoms with Crippen LogP contribution in [0.1, 0.15) is 21.5 Å².